The number of halogens is 1. The molecule has 3 N–H and O–H groups in total. The number of rotatable bonds is 8. The van der Waals surface area contributed by atoms with Crippen LogP contribution in [0.1, 0.15) is 58.1 Å². The highest BCUT2D eigenvalue weighted by Crippen LogP contribution is 2.37. The summed E-state index contributed by atoms with van der Waals surface area (Å²) in [5, 5.41) is 3.20. The van der Waals surface area contributed by atoms with Crippen molar-refractivity contribution in [3.8, 4) is 17.0 Å². The fourth-order valence-electron chi connectivity index (χ4n) is 5.19. The number of amides is 2. The van der Waals surface area contributed by atoms with Crippen molar-refractivity contribution in [2.75, 3.05) is 17.7 Å². The number of hydrogen-bond donors (Lipinski definition) is 2. The van der Waals surface area contributed by atoms with Crippen molar-refractivity contribution < 1.29 is 18.7 Å². The predicted octanol–water partition coefficient (Wildman–Crippen LogP) is 6.60. The molecule has 0 saturated heterocycles. The average Bonchev–Trinajstić information content (AvgIpc) is 3.63. The van der Waals surface area contributed by atoms with Gasteiger partial charge in [-0.2, -0.15) is 4.37 Å². The smallest absolute Gasteiger partial charge is 0.273 e. The van der Waals surface area contributed by atoms with Crippen LogP contribution >= 0.6 is 11.5 Å². The molecule has 1 heterocycles. The van der Waals surface area contributed by atoms with Crippen LogP contribution in [0.25, 0.3) is 11.3 Å². The number of nitrogens with one attached hydrogen (secondary N) is 1. The quantitative estimate of drug-likeness (QED) is 0.248. The fourth-order valence-corrected chi connectivity index (χ4v) is 5.95. The number of nitrogens with zero attached hydrogens (tertiary/aromatic N) is 2. The first kappa shape index (κ1) is 28.3. The minimum atomic E-state index is -0.980. The molecule has 0 radical (unpaired) electrons. The summed E-state index contributed by atoms with van der Waals surface area (Å²) in [6, 6.07) is 17.7. The van der Waals surface area contributed by atoms with Crippen molar-refractivity contribution in [3.63, 3.8) is 0 Å². The minimum Gasteiger partial charge on any atom is -0.497 e. The van der Waals surface area contributed by atoms with Gasteiger partial charge in [0.25, 0.3) is 5.91 Å². The summed E-state index contributed by atoms with van der Waals surface area (Å²) < 4.78 is 23.4. The predicted molar refractivity (Wildman–Crippen MR) is 161 cm³/mol. The topological polar surface area (TPSA) is 97.5 Å². The number of ether oxygens (including phenoxy) is 1. The van der Waals surface area contributed by atoms with E-state index in [1.807, 2.05) is 32.0 Å². The summed E-state index contributed by atoms with van der Waals surface area (Å²) in [6.45, 7) is 3.96. The van der Waals surface area contributed by atoms with Gasteiger partial charge in [-0.05, 0) is 103 Å². The highest BCUT2D eigenvalue weighted by atomic mass is 32.1. The maximum Gasteiger partial charge on any atom is 0.273 e. The number of aryl methyl sites for hydroxylation is 2. The molecule has 41 heavy (non-hydrogen) atoms. The Kier molecular flexibility index (Phi) is 8.35. The Morgan fingerprint density at radius 1 is 1.02 bits per heavy atom. The van der Waals surface area contributed by atoms with Crippen LogP contribution in [0.2, 0.25) is 0 Å². The van der Waals surface area contributed by atoms with Crippen molar-refractivity contribution >= 4 is 34.7 Å². The van der Waals surface area contributed by atoms with Crippen LogP contribution < -0.4 is 20.7 Å². The van der Waals surface area contributed by atoms with E-state index in [1.165, 1.54) is 17.0 Å². The number of benzene rings is 3. The molecule has 1 aliphatic carbocycles. The van der Waals surface area contributed by atoms with Gasteiger partial charge < -0.3 is 15.8 Å². The van der Waals surface area contributed by atoms with Gasteiger partial charge in [0.1, 0.15) is 28.2 Å². The lowest BCUT2D eigenvalue weighted by molar-refractivity contribution is -0.123. The van der Waals surface area contributed by atoms with E-state index in [9.17, 15) is 14.0 Å². The van der Waals surface area contributed by atoms with Gasteiger partial charge in [0.2, 0.25) is 5.91 Å². The number of anilines is 2. The molecule has 1 unspecified atom stereocenters. The Morgan fingerprint density at radius 3 is 2.34 bits per heavy atom. The van der Waals surface area contributed by atoms with Gasteiger partial charge in [0, 0.05) is 17.3 Å². The maximum atomic E-state index is 14.5. The molecular weight excluding hydrogens is 539 g/mol. The monoisotopic (exact) mass is 572 g/mol. The molecule has 2 amide bonds. The molecule has 212 valence electrons. The maximum absolute atomic E-state index is 14.5. The van der Waals surface area contributed by atoms with Crippen LogP contribution in [-0.4, -0.2) is 29.3 Å². The van der Waals surface area contributed by atoms with E-state index in [-0.39, 0.29) is 28.3 Å². The number of methoxy groups -OCH3 is 1. The Hall–Kier alpha value is -4.24. The lowest BCUT2D eigenvalue weighted by Gasteiger charge is -2.32. The van der Waals surface area contributed by atoms with E-state index in [0.717, 1.165) is 48.3 Å². The molecule has 7 nitrogen and oxygen atoms in total. The molecule has 9 heteroatoms. The lowest BCUT2D eigenvalue weighted by Crippen LogP contribution is -2.46. The molecule has 1 aliphatic rings. The molecule has 1 saturated carbocycles. The standard InChI is InChI=1S/C32H33FN4O3S/c1-19-8-15-25(18-20(19)2)37(32(39)30-27(34)28(36-41-30)21-9-13-23(33)14-10-21)29(22-11-16-26(40-3)17-12-22)31(38)35-24-6-4-5-7-24/h8-18,24,29H,4-7,34H2,1-3H3,(H,35,38). The zero-order chi connectivity index (χ0) is 29.1. The van der Waals surface area contributed by atoms with Crippen LogP contribution in [0.15, 0.2) is 66.7 Å². The number of carbonyl (C=O) groups excluding carboxylic acids is 2. The third kappa shape index (κ3) is 5.95. The van der Waals surface area contributed by atoms with Crippen LogP contribution in [0, 0.1) is 19.7 Å². The fraction of sp³-hybridized carbons (Fsp3) is 0.281. The van der Waals surface area contributed by atoms with Gasteiger partial charge in [-0.1, -0.05) is 31.0 Å². The third-order valence-electron chi connectivity index (χ3n) is 7.67. The van der Waals surface area contributed by atoms with Crippen LogP contribution in [0.5, 0.6) is 5.75 Å². The lowest BCUT2D eigenvalue weighted by atomic mass is 10.0. The molecule has 0 aliphatic heterocycles. The van der Waals surface area contributed by atoms with E-state index >= 15 is 0 Å². The first-order chi connectivity index (χ1) is 19.8. The highest BCUT2D eigenvalue weighted by Gasteiger charge is 2.37. The van der Waals surface area contributed by atoms with E-state index in [0.29, 0.717) is 28.3 Å². The Balaban J connectivity index is 1.63. The second-order valence-corrected chi connectivity index (χ2v) is 11.2. The number of hydrogen-bond acceptors (Lipinski definition) is 6. The Morgan fingerprint density at radius 2 is 1.71 bits per heavy atom. The molecule has 1 atom stereocenters. The van der Waals surface area contributed by atoms with E-state index < -0.39 is 11.9 Å². The van der Waals surface area contributed by atoms with Crippen molar-refractivity contribution in [1.29, 1.82) is 0 Å². The van der Waals surface area contributed by atoms with Crippen molar-refractivity contribution in [1.82, 2.24) is 9.69 Å². The van der Waals surface area contributed by atoms with E-state index in [2.05, 4.69) is 9.69 Å². The van der Waals surface area contributed by atoms with Crippen LogP contribution in [-0.2, 0) is 4.79 Å². The molecule has 1 fully saturated rings. The van der Waals surface area contributed by atoms with Gasteiger partial charge in [0.15, 0.2) is 0 Å². The normalized spacial score (nSPS) is 14.0. The molecule has 1 aromatic heterocycles. The zero-order valence-corrected chi connectivity index (χ0v) is 24.1. The van der Waals surface area contributed by atoms with Gasteiger partial charge >= 0.3 is 0 Å². The van der Waals surface area contributed by atoms with Gasteiger partial charge in [-0.15, -0.1) is 0 Å². The number of nitrogen functional groups attached to an aromatic ring is 1. The van der Waals surface area contributed by atoms with Crippen molar-refractivity contribution in [2.24, 2.45) is 0 Å². The molecule has 4 aromatic rings. The summed E-state index contributed by atoms with van der Waals surface area (Å²) in [5.74, 6) is -0.451. The molecule has 0 spiro atoms. The van der Waals surface area contributed by atoms with Crippen LogP contribution in [0.3, 0.4) is 0 Å². The summed E-state index contributed by atoms with van der Waals surface area (Å²) in [7, 11) is 1.58. The first-order valence-corrected chi connectivity index (χ1v) is 14.4. The second kappa shape index (κ2) is 12.1. The number of nitrogens with two attached hydrogens (primary N) is 1. The van der Waals surface area contributed by atoms with Crippen molar-refractivity contribution in [3.05, 3.63) is 94.1 Å². The summed E-state index contributed by atoms with van der Waals surface area (Å²) in [5.41, 5.74) is 10.9. The SMILES string of the molecule is COc1ccc(C(C(=O)NC2CCCC2)N(C(=O)c2snc(-c3ccc(F)cc3)c2N)c2ccc(C)c(C)c2)cc1. The van der Waals surface area contributed by atoms with Crippen molar-refractivity contribution in [2.45, 2.75) is 51.6 Å². The summed E-state index contributed by atoms with van der Waals surface area (Å²) in [6.07, 6.45) is 3.92. The zero-order valence-electron chi connectivity index (χ0n) is 23.3. The molecule has 3 aromatic carbocycles. The molecule has 0 bridgehead atoms. The molecule has 5 rings (SSSR count). The van der Waals surface area contributed by atoms with Crippen LogP contribution in [0.4, 0.5) is 15.8 Å². The van der Waals surface area contributed by atoms with E-state index in [4.69, 9.17) is 10.5 Å². The average molecular weight is 573 g/mol. The second-order valence-electron chi connectivity index (χ2n) is 10.4. The molecular formula is C32H33FN4O3S. The van der Waals surface area contributed by atoms with Gasteiger partial charge in [-0.3, -0.25) is 14.5 Å². The summed E-state index contributed by atoms with van der Waals surface area (Å²) >= 11 is 0.965. The van der Waals surface area contributed by atoms with Gasteiger partial charge in [-0.25, -0.2) is 4.39 Å². The third-order valence-corrected chi connectivity index (χ3v) is 8.52. The Labute approximate surface area is 243 Å². The number of carbonyl (C=O) groups is 2. The Bertz CT molecular complexity index is 1550. The van der Waals surface area contributed by atoms with E-state index in [1.54, 1.807) is 43.5 Å². The largest absolute Gasteiger partial charge is 0.497 e. The number of aromatic nitrogens is 1. The van der Waals surface area contributed by atoms with Gasteiger partial charge in [0.05, 0.1) is 12.8 Å². The highest BCUT2D eigenvalue weighted by molar-refractivity contribution is 7.09. The summed E-state index contributed by atoms with van der Waals surface area (Å²) in [4.78, 5) is 30.3. The first-order valence-electron chi connectivity index (χ1n) is 13.6. The minimum absolute atomic E-state index is 0.0542.